The Morgan fingerprint density at radius 3 is 2.35 bits per heavy atom. The van der Waals surface area contributed by atoms with E-state index in [9.17, 15) is 29.3 Å². The van der Waals surface area contributed by atoms with Gasteiger partial charge in [-0.1, -0.05) is 50.1 Å². The van der Waals surface area contributed by atoms with Gasteiger partial charge in [0.2, 0.25) is 11.8 Å². The Morgan fingerprint density at radius 1 is 1.02 bits per heavy atom. The van der Waals surface area contributed by atoms with Crippen molar-refractivity contribution in [2.45, 2.75) is 78.0 Å². The average Bonchev–Trinajstić information content (AvgIpc) is 3.08. The van der Waals surface area contributed by atoms with E-state index < -0.39 is 29.0 Å². The van der Waals surface area contributed by atoms with Gasteiger partial charge in [-0.3, -0.25) is 24.6 Å². The summed E-state index contributed by atoms with van der Waals surface area (Å²) in [6.07, 6.45) is 3.88. The van der Waals surface area contributed by atoms with Crippen LogP contribution < -0.4 is 10.6 Å². The molecule has 2 N–H and O–H groups in total. The van der Waals surface area contributed by atoms with E-state index in [0.717, 1.165) is 18.4 Å². The molecule has 0 bridgehead atoms. The van der Waals surface area contributed by atoms with E-state index in [0.29, 0.717) is 56.7 Å². The number of hydrogen-bond acceptors (Lipinski definition) is 8. The first-order valence-corrected chi connectivity index (χ1v) is 16.9. The van der Waals surface area contributed by atoms with Crippen LogP contribution in [0.2, 0.25) is 0 Å². The molecule has 49 heavy (non-hydrogen) atoms. The standard InChI is InChI=1S/C36H50N6O7/c1-6-7-21-37-34(44)27(3)40(24-23-39(4)5)31(43)16-12-9-13-22-41-26(2)32(35(45)49-25-28-14-10-8-11-15-28)33(38-36(41)46)29-17-19-30(20-18-29)42(47)48/h8,10-11,14-15,17-20,27,33H,6-7,9,12-13,16,21-25H2,1-5H3,(H,37,44)(H,38,46). The van der Waals surface area contributed by atoms with E-state index in [1.807, 2.05) is 49.3 Å². The summed E-state index contributed by atoms with van der Waals surface area (Å²) in [6, 6.07) is 13.1. The van der Waals surface area contributed by atoms with Crippen molar-refractivity contribution in [2.24, 2.45) is 0 Å². The Labute approximate surface area is 288 Å². The Balaban J connectivity index is 1.68. The molecular weight excluding hydrogens is 628 g/mol. The number of carbonyl (C=O) groups excluding carboxylic acids is 4. The first-order valence-electron chi connectivity index (χ1n) is 16.9. The van der Waals surface area contributed by atoms with Gasteiger partial charge in [0.05, 0.1) is 16.5 Å². The third-order valence-electron chi connectivity index (χ3n) is 8.52. The van der Waals surface area contributed by atoms with Crippen LogP contribution in [0.3, 0.4) is 0 Å². The fraction of sp³-hybridized carbons (Fsp3) is 0.500. The zero-order chi connectivity index (χ0) is 35.9. The van der Waals surface area contributed by atoms with Crippen molar-refractivity contribution in [3.8, 4) is 0 Å². The van der Waals surface area contributed by atoms with Gasteiger partial charge in [-0.05, 0) is 70.5 Å². The highest BCUT2D eigenvalue weighted by Gasteiger charge is 2.36. The second kappa shape index (κ2) is 19.3. The lowest BCUT2D eigenvalue weighted by Gasteiger charge is -2.35. The Bertz CT molecular complexity index is 1460. The van der Waals surface area contributed by atoms with Crippen LogP contribution in [0, 0.1) is 10.1 Å². The monoisotopic (exact) mass is 678 g/mol. The number of nitro groups is 1. The van der Waals surface area contributed by atoms with Gasteiger partial charge >= 0.3 is 12.0 Å². The number of nitrogens with one attached hydrogen (secondary N) is 2. The lowest BCUT2D eigenvalue weighted by atomic mass is 9.94. The molecule has 2 aromatic rings. The number of hydrogen-bond donors (Lipinski definition) is 2. The summed E-state index contributed by atoms with van der Waals surface area (Å²) in [4.78, 5) is 68.7. The number of likely N-dealkylation sites (N-methyl/N-ethyl adjacent to an activating group) is 1. The first-order chi connectivity index (χ1) is 23.4. The van der Waals surface area contributed by atoms with Crippen LogP contribution in [0.4, 0.5) is 10.5 Å². The summed E-state index contributed by atoms with van der Waals surface area (Å²) >= 11 is 0. The van der Waals surface area contributed by atoms with Gasteiger partial charge in [0, 0.05) is 50.4 Å². The van der Waals surface area contributed by atoms with Crippen molar-refractivity contribution in [1.29, 1.82) is 0 Å². The Morgan fingerprint density at radius 2 is 1.71 bits per heavy atom. The number of ether oxygens (including phenoxy) is 1. The third kappa shape index (κ3) is 11.4. The molecule has 13 heteroatoms. The molecule has 0 radical (unpaired) electrons. The van der Waals surface area contributed by atoms with Crippen LogP contribution in [0.15, 0.2) is 65.9 Å². The quantitative estimate of drug-likeness (QED) is 0.0918. The second-order valence-corrected chi connectivity index (χ2v) is 12.5. The molecule has 0 aromatic heterocycles. The largest absolute Gasteiger partial charge is 0.457 e. The number of benzene rings is 2. The number of nitro benzene ring substituents is 1. The lowest BCUT2D eigenvalue weighted by molar-refractivity contribution is -0.384. The highest BCUT2D eigenvalue weighted by Crippen LogP contribution is 2.32. The van der Waals surface area contributed by atoms with Crippen molar-refractivity contribution >= 4 is 29.5 Å². The summed E-state index contributed by atoms with van der Waals surface area (Å²) in [5, 5.41) is 17.0. The fourth-order valence-corrected chi connectivity index (χ4v) is 5.54. The molecule has 266 valence electrons. The Kier molecular flexibility index (Phi) is 15.2. The van der Waals surface area contributed by atoms with Gasteiger partial charge in [0.15, 0.2) is 0 Å². The molecule has 2 aromatic carbocycles. The van der Waals surface area contributed by atoms with E-state index in [1.54, 1.807) is 18.7 Å². The van der Waals surface area contributed by atoms with E-state index in [-0.39, 0.29) is 36.1 Å². The SMILES string of the molecule is CCCCNC(=O)C(C)N(CCN(C)C)C(=O)CCCCCN1C(=O)NC(c2ccc([N+](=O)[O-])cc2)C(C(=O)OCc2ccccc2)=C1C. The number of unbranched alkanes of at least 4 members (excludes halogenated alkanes) is 3. The molecule has 0 fully saturated rings. The molecule has 2 unspecified atom stereocenters. The lowest BCUT2D eigenvalue weighted by Crippen LogP contribution is -2.50. The number of carbonyl (C=O) groups is 4. The van der Waals surface area contributed by atoms with Crippen molar-refractivity contribution in [2.75, 3.05) is 40.3 Å². The summed E-state index contributed by atoms with van der Waals surface area (Å²) in [6.45, 7) is 7.48. The summed E-state index contributed by atoms with van der Waals surface area (Å²) in [5.74, 6) is -0.865. The zero-order valence-corrected chi connectivity index (χ0v) is 29.3. The molecule has 1 aliphatic rings. The first kappa shape index (κ1) is 38.7. The fourth-order valence-electron chi connectivity index (χ4n) is 5.54. The van der Waals surface area contributed by atoms with E-state index in [2.05, 4.69) is 17.6 Å². The molecule has 4 amide bonds. The van der Waals surface area contributed by atoms with Crippen LogP contribution in [0.1, 0.15) is 76.5 Å². The maximum Gasteiger partial charge on any atom is 0.338 e. The van der Waals surface area contributed by atoms with Gasteiger partial charge in [-0.15, -0.1) is 0 Å². The Hall–Kier alpha value is -4.78. The van der Waals surface area contributed by atoms with Gasteiger partial charge in [-0.25, -0.2) is 9.59 Å². The van der Waals surface area contributed by atoms with Crippen LogP contribution in [-0.2, 0) is 25.7 Å². The molecule has 1 heterocycles. The normalized spacial score (nSPS) is 15.1. The van der Waals surface area contributed by atoms with Gasteiger partial charge in [-0.2, -0.15) is 0 Å². The maximum atomic E-state index is 13.5. The van der Waals surface area contributed by atoms with Gasteiger partial charge in [0.1, 0.15) is 12.6 Å². The van der Waals surface area contributed by atoms with Crippen molar-refractivity contribution in [3.05, 3.63) is 87.1 Å². The molecule has 3 rings (SSSR count). The predicted molar refractivity (Wildman–Crippen MR) is 186 cm³/mol. The van der Waals surface area contributed by atoms with Crippen LogP contribution >= 0.6 is 0 Å². The molecule has 1 aliphatic heterocycles. The minimum absolute atomic E-state index is 0.0377. The molecule has 0 aliphatic carbocycles. The number of nitrogens with zero attached hydrogens (tertiary/aromatic N) is 4. The number of rotatable bonds is 19. The molecule has 0 saturated carbocycles. The molecule has 0 saturated heterocycles. The van der Waals surface area contributed by atoms with Crippen LogP contribution in [-0.4, -0.2) is 89.8 Å². The topological polar surface area (TPSA) is 154 Å². The van der Waals surface area contributed by atoms with E-state index in [4.69, 9.17) is 4.74 Å². The number of non-ortho nitro benzene ring substituents is 1. The molecule has 2 atom stereocenters. The van der Waals surface area contributed by atoms with Crippen LogP contribution in [0.5, 0.6) is 0 Å². The van der Waals surface area contributed by atoms with Gasteiger partial charge < -0.3 is 25.2 Å². The second-order valence-electron chi connectivity index (χ2n) is 12.5. The highest BCUT2D eigenvalue weighted by molar-refractivity contribution is 5.95. The maximum absolute atomic E-state index is 13.5. The smallest absolute Gasteiger partial charge is 0.338 e. The summed E-state index contributed by atoms with van der Waals surface area (Å²) < 4.78 is 5.67. The van der Waals surface area contributed by atoms with Gasteiger partial charge in [0.25, 0.3) is 5.69 Å². The van der Waals surface area contributed by atoms with Crippen molar-refractivity contribution in [1.82, 2.24) is 25.3 Å². The van der Waals surface area contributed by atoms with E-state index in [1.165, 1.54) is 29.2 Å². The molecule has 0 spiro atoms. The van der Waals surface area contributed by atoms with Crippen molar-refractivity contribution < 1.29 is 28.8 Å². The minimum Gasteiger partial charge on any atom is -0.457 e. The zero-order valence-electron chi connectivity index (χ0n) is 29.3. The highest BCUT2D eigenvalue weighted by atomic mass is 16.6. The number of esters is 1. The number of amides is 4. The third-order valence-corrected chi connectivity index (χ3v) is 8.52. The number of allylic oxidation sites excluding steroid dienone is 1. The van der Waals surface area contributed by atoms with E-state index >= 15 is 0 Å². The summed E-state index contributed by atoms with van der Waals surface area (Å²) in [7, 11) is 3.84. The minimum atomic E-state index is -0.861. The number of urea groups is 1. The predicted octanol–water partition coefficient (Wildman–Crippen LogP) is 4.93. The average molecular weight is 679 g/mol. The van der Waals surface area contributed by atoms with Crippen molar-refractivity contribution in [3.63, 3.8) is 0 Å². The summed E-state index contributed by atoms with van der Waals surface area (Å²) in [5.41, 5.74) is 1.88. The molecule has 13 nitrogen and oxygen atoms in total. The molecular formula is C36H50N6O7. The van der Waals surface area contributed by atoms with Crippen LogP contribution in [0.25, 0.3) is 0 Å².